The van der Waals surface area contributed by atoms with Gasteiger partial charge in [0, 0.05) is 30.8 Å². The van der Waals surface area contributed by atoms with Gasteiger partial charge in [0.25, 0.3) is 0 Å². The van der Waals surface area contributed by atoms with Gasteiger partial charge in [-0.15, -0.1) is 0 Å². The fourth-order valence-electron chi connectivity index (χ4n) is 4.34. The lowest BCUT2D eigenvalue weighted by Gasteiger charge is -2.37. The summed E-state index contributed by atoms with van der Waals surface area (Å²) in [5.74, 6) is -0.169. The van der Waals surface area contributed by atoms with Gasteiger partial charge in [-0.2, -0.15) is 0 Å². The molecule has 7 nitrogen and oxygen atoms in total. The van der Waals surface area contributed by atoms with Crippen LogP contribution in [0.15, 0.2) is 72.8 Å². The van der Waals surface area contributed by atoms with Gasteiger partial charge in [0.15, 0.2) is 11.5 Å². The third-order valence-electron chi connectivity index (χ3n) is 6.15. The highest BCUT2D eigenvalue weighted by Crippen LogP contribution is 2.33. The van der Waals surface area contributed by atoms with Crippen LogP contribution in [0.4, 0.5) is 20.6 Å². The smallest absolute Gasteiger partial charge is 0.321 e. The Bertz CT molecular complexity index is 1190. The van der Waals surface area contributed by atoms with Crippen LogP contribution in [-0.4, -0.2) is 44.1 Å². The van der Waals surface area contributed by atoms with Crippen LogP contribution >= 0.6 is 0 Å². The summed E-state index contributed by atoms with van der Waals surface area (Å²) in [4.78, 5) is 27.9. The molecular weight excluding hydrogens is 449 g/mol. The van der Waals surface area contributed by atoms with Crippen molar-refractivity contribution in [2.75, 3.05) is 37.9 Å². The highest BCUT2D eigenvalue weighted by Gasteiger charge is 2.35. The molecule has 0 saturated carbocycles. The Morgan fingerprint density at radius 1 is 0.886 bits per heavy atom. The van der Waals surface area contributed by atoms with Gasteiger partial charge < -0.3 is 25.0 Å². The van der Waals surface area contributed by atoms with E-state index in [2.05, 4.69) is 10.6 Å². The number of rotatable bonds is 6. The third-order valence-corrected chi connectivity index (χ3v) is 6.15. The Hall–Kier alpha value is -4.07. The Balaban J connectivity index is 1.54. The number of piperidine rings is 1. The molecule has 1 heterocycles. The van der Waals surface area contributed by atoms with Gasteiger partial charge in [-0.3, -0.25) is 4.79 Å². The maximum absolute atomic E-state index is 14.1. The summed E-state index contributed by atoms with van der Waals surface area (Å²) >= 11 is 0. The predicted molar refractivity (Wildman–Crippen MR) is 132 cm³/mol. The number of para-hydroxylation sites is 1. The van der Waals surface area contributed by atoms with Crippen LogP contribution in [0.1, 0.15) is 17.9 Å². The number of methoxy groups -OCH3 is 2. The van der Waals surface area contributed by atoms with Gasteiger partial charge in [0.1, 0.15) is 5.82 Å². The molecule has 0 radical (unpaired) electrons. The fourth-order valence-corrected chi connectivity index (χ4v) is 4.34. The summed E-state index contributed by atoms with van der Waals surface area (Å²) in [6.45, 7) is 0.632. The number of likely N-dealkylation sites (tertiary alicyclic amines) is 1. The number of nitrogens with zero attached hydrogens (tertiary/aromatic N) is 1. The maximum atomic E-state index is 14.1. The van der Waals surface area contributed by atoms with Crippen molar-refractivity contribution in [3.05, 3.63) is 84.2 Å². The number of ether oxygens (including phenoxy) is 2. The molecule has 3 aromatic rings. The molecule has 0 bridgehead atoms. The fraction of sp³-hybridized carbons (Fsp3) is 0.259. The monoisotopic (exact) mass is 477 g/mol. The standard InChI is InChI=1S/C27H28FN3O4/c1-34-24-13-12-21(15-25(24)35-2)29-26(32)20-14-19(18-8-4-3-5-9-18)16-31(17-20)27(33)30-23-11-7-6-10-22(23)28/h3-13,15,19-20H,14,16-17H2,1-2H3,(H,29,32)(H,30,33)/t19-,20+/m0/s1. The minimum atomic E-state index is -0.514. The molecule has 1 aliphatic rings. The Morgan fingerprint density at radius 2 is 1.60 bits per heavy atom. The predicted octanol–water partition coefficient (Wildman–Crippen LogP) is 5.12. The molecule has 4 rings (SSSR count). The van der Waals surface area contributed by atoms with E-state index >= 15 is 0 Å². The molecule has 0 unspecified atom stereocenters. The van der Waals surface area contributed by atoms with Crippen LogP contribution in [0.3, 0.4) is 0 Å². The van der Waals surface area contributed by atoms with E-state index in [0.29, 0.717) is 30.2 Å². The van der Waals surface area contributed by atoms with Crippen molar-refractivity contribution in [1.29, 1.82) is 0 Å². The zero-order chi connectivity index (χ0) is 24.8. The van der Waals surface area contributed by atoms with Gasteiger partial charge in [-0.05, 0) is 36.2 Å². The van der Waals surface area contributed by atoms with E-state index in [4.69, 9.17) is 9.47 Å². The number of anilines is 2. The number of hydrogen-bond donors (Lipinski definition) is 2. The Morgan fingerprint density at radius 3 is 2.31 bits per heavy atom. The molecule has 3 aromatic carbocycles. The van der Waals surface area contributed by atoms with Crippen LogP contribution in [0.2, 0.25) is 0 Å². The number of hydrogen-bond acceptors (Lipinski definition) is 4. The quantitative estimate of drug-likeness (QED) is 0.517. The number of urea groups is 1. The average Bonchev–Trinajstić information content (AvgIpc) is 2.90. The van der Waals surface area contributed by atoms with Crippen LogP contribution < -0.4 is 20.1 Å². The second-order valence-electron chi connectivity index (χ2n) is 8.41. The molecule has 0 aliphatic carbocycles. The maximum Gasteiger partial charge on any atom is 0.321 e. The van der Waals surface area contributed by atoms with Crippen molar-refractivity contribution >= 4 is 23.3 Å². The van der Waals surface area contributed by atoms with Gasteiger partial charge in [-0.1, -0.05) is 42.5 Å². The van der Waals surface area contributed by atoms with Crippen molar-refractivity contribution < 1.29 is 23.5 Å². The number of benzene rings is 3. The first-order valence-corrected chi connectivity index (χ1v) is 11.4. The SMILES string of the molecule is COc1ccc(NC(=O)[C@@H]2C[C@H](c3ccccc3)CN(C(=O)Nc3ccccc3F)C2)cc1OC. The van der Waals surface area contributed by atoms with Crippen LogP contribution in [0, 0.1) is 11.7 Å². The van der Waals surface area contributed by atoms with Gasteiger partial charge in [-0.25, -0.2) is 9.18 Å². The van der Waals surface area contributed by atoms with E-state index in [-0.39, 0.29) is 24.1 Å². The summed E-state index contributed by atoms with van der Waals surface area (Å²) in [6, 6.07) is 20.5. The summed E-state index contributed by atoms with van der Waals surface area (Å²) in [7, 11) is 3.07. The highest BCUT2D eigenvalue weighted by molar-refractivity contribution is 5.94. The second kappa shape index (κ2) is 10.9. The first kappa shape index (κ1) is 24.1. The molecule has 2 atom stereocenters. The van der Waals surface area contributed by atoms with E-state index in [9.17, 15) is 14.0 Å². The highest BCUT2D eigenvalue weighted by atomic mass is 19.1. The number of carbonyl (C=O) groups excluding carboxylic acids is 2. The third kappa shape index (κ3) is 5.71. The second-order valence-corrected chi connectivity index (χ2v) is 8.41. The zero-order valence-electron chi connectivity index (χ0n) is 19.7. The van der Waals surface area contributed by atoms with E-state index in [0.717, 1.165) is 5.56 Å². The lowest BCUT2D eigenvalue weighted by molar-refractivity contribution is -0.121. The van der Waals surface area contributed by atoms with Gasteiger partial charge in [0.05, 0.1) is 25.8 Å². The van der Waals surface area contributed by atoms with Crippen molar-refractivity contribution in [3.8, 4) is 11.5 Å². The van der Waals surface area contributed by atoms with E-state index in [1.54, 1.807) is 42.3 Å². The molecule has 0 spiro atoms. The van der Waals surface area contributed by atoms with Crippen molar-refractivity contribution in [1.82, 2.24) is 4.90 Å². The van der Waals surface area contributed by atoms with Gasteiger partial charge in [0.2, 0.25) is 5.91 Å². The van der Waals surface area contributed by atoms with Crippen LogP contribution in [0.25, 0.3) is 0 Å². The van der Waals surface area contributed by atoms with Crippen molar-refractivity contribution in [3.63, 3.8) is 0 Å². The normalized spacial score (nSPS) is 17.4. The first-order chi connectivity index (χ1) is 17.0. The molecule has 1 aliphatic heterocycles. The van der Waals surface area contributed by atoms with E-state index in [1.165, 1.54) is 19.2 Å². The molecule has 182 valence electrons. The number of carbonyl (C=O) groups is 2. The summed E-state index contributed by atoms with van der Waals surface area (Å²) in [5, 5.41) is 5.57. The lowest BCUT2D eigenvalue weighted by atomic mass is 9.84. The summed E-state index contributed by atoms with van der Waals surface area (Å²) < 4.78 is 24.7. The van der Waals surface area contributed by atoms with E-state index in [1.807, 2.05) is 30.3 Å². The summed E-state index contributed by atoms with van der Waals surface area (Å²) in [5.41, 5.74) is 1.71. The van der Waals surface area contributed by atoms with E-state index < -0.39 is 17.8 Å². The minimum Gasteiger partial charge on any atom is -0.493 e. The number of amides is 3. The van der Waals surface area contributed by atoms with Crippen LogP contribution in [-0.2, 0) is 4.79 Å². The molecule has 35 heavy (non-hydrogen) atoms. The van der Waals surface area contributed by atoms with Crippen molar-refractivity contribution in [2.24, 2.45) is 5.92 Å². The molecule has 8 heteroatoms. The van der Waals surface area contributed by atoms with Crippen LogP contribution in [0.5, 0.6) is 11.5 Å². The number of halogens is 1. The minimum absolute atomic E-state index is 0.0440. The largest absolute Gasteiger partial charge is 0.493 e. The molecular formula is C27H28FN3O4. The lowest BCUT2D eigenvalue weighted by Crippen LogP contribution is -2.48. The molecule has 3 amide bonds. The van der Waals surface area contributed by atoms with Gasteiger partial charge >= 0.3 is 6.03 Å². The zero-order valence-corrected chi connectivity index (χ0v) is 19.7. The Labute approximate surface area is 203 Å². The molecule has 0 aromatic heterocycles. The Kier molecular flexibility index (Phi) is 7.50. The average molecular weight is 478 g/mol. The first-order valence-electron chi connectivity index (χ1n) is 11.4. The number of nitrogens with one attached hydrogen (secondary N) is 2. The molecule has 1 fully saturated rings. The van der Waals surface area contributed by atoms with Crippen molar-refractivity contribution in [2.45, 2.75) is 12.3 Å². The molecule has 1 saturated heterocycles. The summed E-state index contributed by atoms with van der Waals surface area (Å²) in [6.07, 6.45) is 0.576. The molecule has 2 N–H and O–H groups in total. The topological polar surface area (TPSA) is 79.9 Å².